The molecule has 0 aromatic rings. The summed E-state index contributed by atoms with van der Waals surface area (Å²) < 4.78 is 36.0. The van der Waals surface area contributed by atoms with Crippen LogP contribution in [0.25, 0.3) is 0 Å². The van der Waals surface area contributed by atoms with E-state index in [1.807, 2.05) is 0 Å². The molecule has 0 heterocycles. The molecule has 0 aliphatic rings. The van der Waals surface area contributed by atoms with Gasteiger partial charge in [-0.1, -0.05) is 6.08 Å². The Balaban J connectivity index is 4.43. The molecule has 2 N–H and O–H groups in total. The van der Waals surface area contributed by atoms with Gasteiger partial charge < -0.3 is 5.73 Å². The Morgan fingerprint density at radius 1 is 1.67 bits per heavy atom. The van der Waals surface area contributed by atoms with Crippen LogP contribution < -0.4 is 5.73 Å². The molecule has 0 saturated carbocycles. The number of alkyl halides is 3. The van der Waals surface area contributed by atoms with Crippen molar-refractivity contribution in [3.8, 4) is 0 Å². The normalized spacial score (nSPS) is 13.4. The van der Waals surface area contributed by atoms with Crippen molar-refractivity contribution in [3.05, 3.63) is 12.7 Å². The molecule has 0 aliphatic heterocycles. The van der Waals surface area contributed by atoms with Crippen molar-refractivity contribution in [2.45, 2.75) is 19.1 Å². The molecule has 15 heavy (non-hydrogen) atoms. The van der Waals surface area contributed by atoms with Crippen molar-refractivity contribution in [2.75, 3.05) is 13.2 Å². The van der Waals surface area contributed by atoms with Crippen LogP contribution in [0.1, 0.15) is 6.92 Å². The molecule has 0 rings (SSSR count). The fraction of sp³-hybridized carbons (Fsp3) is 0.625. The summed E-state index contributed by atoms with van der Waals surface area (Å²) in [6.07, 6.45) is -3.29. The third-order valence-corrected chi connectivity index (χ3v) is 1.31. The highest BCUT2D eigenvalue weighted by Gasteiger charge is 2.34. The molecule has 7 heteroatoms. The Labute approximate surface area is 85.4 Å². The van der Waals surface area contributed by atoms with Crippen molar-refractivity contribution < 1.29 is 22.8 Å². The van der Waals surface area contributed by atoms with E-state index < -0.39 is 24.7 Å². The highest BCUT2D eigenvalue weighted by atomic mass is 19.4. The fourth-order valence-electron chi connectivity index (χ4n) is 0.720. The Bertz CT molecular complexity index is 228. The number of rotatable bonds is 5. The third-order valence-electron chi connectivity index (χ3n) is 1.31. The van der Waals surface area contributed by atoms with Crippen LogP contribution in [-0.2, 0) is 9.63 Å². The van der Waals surface area contributed by atoms with Crippen molar-refractivity contribution in [3.63, 3.8) is 0 Å². The van der Waals surface area contributed by atoms with Crippen LogP contribution in [0.2, 0.25) is 0 Å². The van der Waals surface area contributed by atoms with Crippen molar-refractivity contribution >= 4 is 5.91 Å². The first-order valence-electron chi connectivity index (χ1n) is 4.15. The number of hydrogen-bond donors (Lipinski definition) is 1. The summed E-state index contributed by atoms with van der Waals surface area (Å²) in [5.41, 5.74) is 5.16. The number of hydroxylamine groups is 2. The molecule has 1 unspecified atom stereocenters. The summed E-state index contributed by atoms with van der Waals surface area (Å²) in [6.45, 7) is 2.87. The van der Waals surface area contributed by atoms with E-state index in [0.717, 1.165) is 0 Å². The number of halogens is 3. The lowest BCUT2D eigenvalue weighted by molar-refractivity contribution is -0.229. The SMILES string of the molecule is C=CCON(CC(F)(F)F)C(=O)C(C)N. The van der Waals surface area contributed by atoms with Crippen LogP contribution in [-0.4, -0.2) is 36.3 Å². The molecule has 0 radical (unpaired) electrons. The number of amides is 1. The maximum absolute atomic E-state index is 12.0. The molecular weight excluding hydrogens is 213 g/mol. The first kappa shape index (κ1) is 13.9. The van der Waals surface area contributed by atoms with Crippen LogP contribution in [0.5, 0.6) is 0 Å². The van der Waals surface area contributed by atoms with Gasteiger partial charge in [0.25, 0.3) is 5.91 Å². The van der Waals surface area contributed by atoms with Crippen LogP contribution in [0.15, 0.2) is 12.7 Å². The average Bonchev–Trinajstić information content (AvgIpc) is 2.09. The molecule has 0 bridgehead atoms. The molecule has 0 aromatic carbocycles. The molecule has 0 spiro atoms. The monoisotopic (exact) mass is 226 g/mol. The van der Waals surface area contributed by atoms with Crippen molar-refractivity contribution in [1.82, 2.24) is 5.06 Å². The van der Waals surface area contributed by atoms with Gasteiger partial charge in [0.1, 0.15) is 6.54 Å². The average molecular weight is 226 g/mol. The second-order valence-corrected chi connectivity index (χ2v) is 2.86. The predicted molar refractivity (Wildman–Crippen MR) is 47.6 cm³/mol. The van der Waals surface area contributed by atoms with E-state index in [-0.39, 0.29) is 11.7 Å². The number of nitrogens with two attached hydrogens (primary N) is 1. The zero-order valence-corrected chi connectivity index (χ0v) is 8.25. The van der Waals surface area contributed by atoms with Gasteiger partial charge in [-0.25, -0.2) is 5.06 Å². The van der Waals surface area contributed by atoms with Crippen molar-refractivity contribution in [1.29, 1.82) is 0 Å². The summed E-state index contributed by atoms with van der Waals surface area (Å²) in [5, 5.41) is 0.201. The van der Waals surface area contributed by atoms with Gasteiger partial charge in [0, 0.05) is 0 Å². The molecule has 1 amide bonds. The minimum atomic E-state index is -4.52. The summed E-state index contributed by atoms with van der Waals surface area (Å²) in [6, 6.07) is -1.04. The molecule has 88 valence electrons. The Hall–Kier alpha value is -1.08. The van der Waals surface area contributed by atoms with Gasteiger partial charge in [-0.15, -0.1) is 6.58 Å². The molecule has 0 aliphatic carbocycles. The van der Waals surface area contributed by atoms with Crippen LogP contribution in [0.4, 0.5) is 13.2 Å². The highest BCUT2D eigenvalue weighted by molar-refractivity contribution is 5.80. The van der Waals surface area contributed by atoms with E-state index >= 15 is 0 Å². The van der Waals surface area contributed by atoms with Crippen LogP contribution >= 0.6 is 0 Å². The van der Waals surface area contributed by atoms with Gasteiger partial charge in [0.05, 0.1) is 12.6 Å². The standard InChI is InChI=1S/C8H13F3N2O2/c1-3-4-15-13(5-8(9,10)11)7(14)6(2)12/h3,6H,1,4-5,12H2,2H3. The van der Waals surface area contributed by atoms with Crippen molar-refractivity contribution in [2.24, 2.45) is 5.73 Å². The van der Waals surface area contributed by atoms with Gasteiger partial charge in [-0.3, -0.25) is 9.63 Å². The lowest BCUT2D eigenvalue weighted by Crippen LogP contribution is -2.46. The number of carbonyl (C=O) groups excluding carboxylic acids is 1. The second-order valence-electron chi connectivity index (χ2n) is 2.86. The minimum absolute atomic E-state index is 0.186. The molecule has 0 saturated heterocycles. The second kappa shape index (κ2) is 5.72. The molecular formula is C8H13F3N2O2. The summed E-state index contributed by atoms with van der Waals surface area (Å²) >= 11 is 0. The van der Waals surface area contributed by atoms with Crippen LogP contribution in [0, 0.1) is 0 Å². The van der Waals surface area contributed by atoms with E-state index in [0.29, 0.717) is 0 Å². The molecule has 0 fully saturated rings. The minimum Gasteiger partial charge on any atom is -0.320 e. The molecule has 1 atom stereocenters. The Morgan fingerprint density at radius 3 is 2.53 bits per heavy atom. The van der Waals surface area contributed by atoms with Crippen LogP contribution in [0.3, 0.4) is 0 Å². The Kier molecular flexibility index (Phi) is 5.31. The van der Waals surface area contributed by atoms with Gasteiger partial charge in [-0.05, 0) is 6.92 Å². The van der Waals surface area contributed by atoms with E-state index in [1.54, 1.807) is 0 Å². The largest absolute Gasteiger partial charge is 0.408 e. The Morgan fingerprint density at radius 2 is 2.20 bits per heavy atom. The maximum atomic E-state index is 12.0. The molecule has 0 aromatic heterocycles. The zero-order valence-electron chi connectivity index (χ0n) is 8.25. The first-order valence-corrected chi connectivity index (χ1v) is 4.15. The topological polar surface area (TPSA) is 55.6 Å². The van der Waals surface area contributed by atoms with E-state index in [2.05, 4.69) is 11.4 Å². The maximum Gasteiger partial charge on any atom is 0.408 e. The number of hydrogen-bond acceptors (Lipinski definition) is 3. The zero-order chi connectivity index (χ0) is 12.1. The summed E-state index contributed by atoms with van der Waals surface area (Å²) in [5.74, 6) is -0.922. The number of nitrogens with zero attached hydrogens (tertiary/aromatic N) is 1. The van der Waals surface area contributed by atoms with E-state index in [1.165, 1.54) is 13.0 Å². The smallest absolute Gasteiger partial charge is 0.320 e. The van der Waals surface area contributed by atoms with Gasteiger partial charge >= 0.3 is 6.18 Å². The lowest BCUT2D eigenvalue weighted by Gasteiger charge is -2.23. The van der Waals surface area contributed by atoms with Gasteiger partial charge in [0.2, 0.25) is 0 Å². The lowest BCUT2D eigenvalue weighted by atomic mass is 10.3. The first-order chi connectivity index (χ1) is 6.78. The van der Waals surface area contributed by atoms with Gasteiger partial charge in [0.15, 0.2) is 0 Å². The highest BCUT2D eigenvalue weighted by Crippen LogP contribution is 2.17. The summed E-state index contributed by atoms with van der Waals surface area (Å²) in [4.78, 5) is 15.7. The quantitative estimate of drug-likeness (QED) is 0.558. The van der Waals surface area contributed by atoms with E-state index in [9.17, 15) is 18.0 Å². The van der Waals surface area contributed by atoms with E-state index in [4.69, 9.17) is 5.73 Å². The number of carbonyl (C=O) groups is 1. The van der Waals surface area contributed by atoms with Gasteiger partial charge in [-0.2, -0.15) is 13.2 Å². The fourth-order valence-corrected chi connectivity index (χ4v) is 0.720. The summed E-state index contributed by atoms with van der Waals surface area (Å²) in [7, 11) is 0. The molecule has 4 nitrogen and oxygen atoms in total. The predicted octanol–water partition coefficient (Wildman–Crippen LogP) is 0.842. The third kappa shape index (κ3) is 6.08.